The highest BCUT2D eigenvalue weighted by Gasteiger charge is 2.31. The number of aliphatic carboxylic acids is 1. The zero-order valence-corrected chi connectivity index (χ0v) is 13.8. The molecule has 0 unspecified atom stereocenters. The van der Waals surface area contributed by atoms with E-state index in [1.165, 1.54) is 17.0 Å². The molecule has 8 nitrogen and oxygen atoms in total. The minimum atomic E-state index is -1.21. The monoisotopic (exact) mass is 367 g/mol. The Morgan fingerprint density at radius 2 is 2.17 bits per heavy atom. The number of hydrogen-bond acceptors (Lipinski definition) is 8. The fourth-order valence-electron chi connectivity index (χ4n) is 1.99. The van der Waals surface area contributed by atoms with Crippen LogP contribution in [0.4, 0.5) is 5.69 Å². The molecule has 0 radical (unpaired) electrons. The van der Waals surface area contributed by atoms with Crippen molar-refractivity contribution in [2.75, 3.05) is 6.54 Å². The SMILES string of the molecule is O=C([O-])CCCN1C(=O)C(=Cc2cc([N+](=O)[O-])ccc2O)SC1=S. The quantitative estimate of drug-likeness (QED) is 0.342. The summed E-state index contributed by atoms with van der Waals surface area (Å²) in [6, 6.07) is 3.47. The summed E-state index contributed by atoms with van der Waals surface area (Å²) in [6.07, 6.45) is 1.33. The lowest BCUT2D eigenvalue weighted by molar-refractivity contribution is -0.384. The molecule has 1 heterocycles. The van der Waals surface area contributed by atoms with Gasteiger partial charge in [-0.3, -0.25) is 19.8 Å². The number of nitro groups is 1. The lowest BCUT2D eigenvalue weighted by Gasteiger charge is -2.14. The van der Waals surface area contributed by atoms with Crippen LogP contribution >= 0.6 is 24.0 Å². The highest BCUT2D eigenvalue weighted by atomic mass is 32.2. The second-order valence-corrected chi connectivity index (χ2v) is 6.48. The third-order valence-corrected chi connectivity index (χ3v) is 4.52. The van der Waals surface area contributed by atoms with E-state index in [9.17, 15) is 29.9 Å². The first-order valence-corrected chi connectivity index (χ1v) is 7.94. The molecule has 1 aliphatic rings. The maximum atomic E-state index is 12.3. The maximum Gasteiger partial charge on any atom is 0.270 e. The standard InChI is InChI=1S/C14H12N2O6S2/c17-10-4-3-9(16(21)22)6-8(10)7-11-13(20)15(14(23)24-11)5-1-2-12(18)19/h3-4,6-7,17H,1-2,5H2,(H,18,19)/p-1. The number of rotatable bonds is 6. The number of aromatic hydroxyl groups is 1. The van der Waals surface area contributed by atoms with E-state index in [4.69, 9.17) is 12.2 Å². The summed E-state index contributed by atoms with van der Waals surface area (Å²) in [7, 11) is 0. The average Bonchev–Trinajstić information content (AvgIpc) is 2.76. The summed E-state index contributed by atoms with van der Waals surface area (Å²) in [5.74, 6) is -1.85. The van der Waals surface area contributed by atoms with Gasteiger partial charge in [0.05, 0.1) is 9.83 Å². The van der Waals surface area contributed by atoms with Crippen LogP contribution in [-0.2, 0) is 9.59 Å². The van der Waals surface area contributed by atoms with Gasteiger partial charge in [-0.25, -0.2) is 0 Å². The van der Waals surface area contributed by atoms with Crippen LogP contribution in [0.3, 0.4) is 0 Å². The van der Waals surface area contributed by atoms with Gasteiger partial charge in [0.25, 0.3) is 11.6 Å². The molecule has 0 saturated carbocycles. The van der Waals surface area contributed by atoms with Crippen molar-refractivity contribution in [3.8, 4) is 5.75 Å². The van der Waals surface area contributed by atoms with Crippen molar-refractivity contribution in [2.45, 2.75) is 12.8 Å². The van der Waals surface area contributed by atoms with Gasteiger partial charge in [-0.05, 0) is 25.0 Å². The third-order valence-electron chi connectivity index (χ3n) is 3.14. The van der Waals surface area contributed by atoms with Crippen LogP contribution in [0, 0.1) is 10.1 Å². The fourth-order valence-corrected chi connectivity index (χ4v) is 3.29. The lowest BCUT2D eigenvalue weighted by atomic mass is 10.1. The van der Waals surface area contributed by atoms with E-state index in [0.717, 1.165) is 23.9 Å². The van der Waals surface area contributed by atoms with E-state index < -0.39 is 16.8 Å². The number of non-ortho nitro benzene ring substituents is 1. The molecule has 0 bridgehead atoms. The Balaban J connectivity index is 2.21. The lowest BCUT2D eigenvalue weighted by Crippen LogP contribution is -2.30. The van der Waals surface area contributed by atoms with E-state index in [1.807, 2.05) is 0 Å². The van der Waals surface area contributed by atoms with Crippen molar-refractivity contribution in [2.24, 2.45) is 0 Å². The number of thioether (sulfide) groups is 1. The number of carbonyl (C=O) groups is 2. The molecule has 1 amide bonds. The number of benzene rings is 1. The highest BCUT2D eigenvalue weighted by Crippen LogP contribution is 2.35. The molecule has 0 aromatic heterocycles. The van der Waals surface area contributed by atoms with Crippen LogP contribution in [0.5, 0.6) is 5.75 Å². The zero-order chi connectivity index (χ0) is 17.9. The Morgan fingerprint density at radius 3 is 2.79 bits per heavy atom. The number of carboxylic acid groups (broad SMARTS) is 1. The Labute approximate surface area is 145 Å². The second-order valence-electron chi connectivity index (χ2n) is 4.81. The van der Waals surface area contributed by atoms with E-state index in [0.29, 0.717) is 0 Å². The van der Waals surface area contributed by atoms with Gasteiger partial charge in [0, 0.05) is 30.2 Å². The molecule has 0 aliphatic carbocycles. The Bertz CT molecular complexity index is 762. The molecule has 1 N–H and O–H groups in total. The van der Waals surface area contributed by atoms with Gasteiger partial charge in [-0.2, -0.15) is 0 Å². The molecule has 1 aromatic rings. The number of nitrogens with zero attached hydrogens (tertiary/aromatic N) is 2. The highest BCUT2D eigenvalue weighted by molar-refractivity contribution is 8.26. The van der Waals surface area contributed by atoms with Gasteiger partial charge in [-0.1, -0.05) is 24.0 Å². The molecule has 24 heavy (non-hydrogen) atoms. The predicted octanol–water partition coefficient (Wildman–Crippen LogP) is 1.03. The number of hydrogen-bond donors (Lipinski definition) is 1. The number of thiocarbonyl (C=S) groups is 1. The largest absolute Gasteiger partial charge is 0.550 e. The van der Waals surface area contributed by atoms with Crippen molar-refractivity contribution in [1.82, 2.24) is 4.90 Å². The van der Waals surface area contributed by atoms with Gasteiger partial charge in [0.1, 0.15) is 10.1 Å². The van der Waals surface area contributed by atoms with Gasteiger partial charge >= 0.3 is 0 Å². The average molecular weight is 367 g/mol. The van der Waals surface area contributed by atoms with Gasteiger partial charge in [0.15, 0.2) is 0 Å². The third kappa shape index (κ3) is 4.09. The van der Waals surface area contributed by atoms with Crippen molar-refractivity contribution in [1.29, 1.82) is 0 Å². The van der Waals surface area contributed by atoms with Crippen LogP contribution in [0.1, 0.15) is 18.4 Å². The first-order chi connectivity index (χ1) is 11.3. The minimum Gasteiger partial charge on any atom is -0.550 e. The maximum absolute atomic E-state index is 12.3. The summed E-state index contributed by atoms with van der Waals surface area (Å²) < 4.78 is 0.259. The molecule has 1 fully saturated rings. The molecule has 1 saturated heterocycles. The second kappa shape index (κ2) is 7.41. The van der Waals surface area contributed by atoms with Crippen LogP contribution in [-0.4, -0.2) is 37.7 Å². The van der Waals surface area contributed by atoms with Crippen LogP contribution in [0.15, 0.2) is 23.1 Å². The molecular weight excluding hydrogens is 356 g/mol. The van der Waals surface area contributed by atoms with Gasteiger partial charge in [0.2, 0.25) is 0 Å². The predicted molar refractivity (Wildman–Crippen MR) is 88.9 cm³/mol. The molecule has 10 heteroatoms. The Hall–Kier alpha value is -2.46. The van der Waals surface area contributed by atoms with E-state index in [2.05, 4.69) is 0 Å². The van der Waals surface area contributed by atoms with Crippen LogP contribution < -0.4 is 5.11 Å². The van der Waals surface area contributed by atoms with E-state index in [-0.39, 0.29) is 45.6 Å². The smallest absolute Gasteiger partial charge is 0.270 e. The number of nitro benzene ring substituents is 1. The summed E-state index contributed by atoms with van der Waals surface area (Å²) in [5, 5.41) is 31.0. The fraction of sp³-hybridized carbons (Fsp3) is 0.214. The van der Waals surface area contributed by atoms with Crippen molar-refractivity contribution in [3.05, 3.63) is 38.8 Å². The molecule has 2 rings (SSSR count). The number of amides is 1. The van der Waals surface area contributed by atoms with E-state index in [1.54, 1.807) is 0 Å². The normalized spacial score (nSPS) is 16.0. The molecule has 126 valence electrons. The van der Waals surface area contributed by atoms with Gasteiger partial charge in [-0.15, -0.1) is 0 Å². The molecule has 0 atom stereocenters. The Morgan fingerprint density at radius 1 is 1.46 bits per heavy atom. The topological polar surface area (TPSA) is 124 Å². The number of carbonyl (C=O) groups excluding carboxylic acids is 2. The summed E-state index contributed by atoms with van der Waals surface area (Å²) in [4.78, 5) is 34.4. The number of carboxylic acids is 1. The van der Waals surface area contributed by atoms with Crippen molar-refractivity contribution >= 4 is 51.9 Å². The number of phenolic OH excluding ortho intramolecular Hbond substituents is 1. The first kappa shape index (κ1) is 17.9. The van der Waals surface area contributed by atoms with Crippen LogP contribution in [0.2, 0.25) is 0 Å². The van der Waals surface area contributed by atoms with E-state index >= 15 is 0 Å². The van der Waals surface area contributed by atoms with Crippen molar-refractivity contribution in [3.63, 3.8) is 0 Å². The summed E-state index contributed by atoms with van der Waals surface area (Å²) in [5.41, 5.74) is -0.0945. The van der Waals surface area contributed by atoms with Gasteiger partial charge < -0.3 is 15.0 Å². The molecular formula is C14H11N2O6S2-. The zero-order valence-electron chi connectivity index (χ0n) is 12.1. The first-order valence-electron chi connectivity index (χ1n) is 6.72. The summed E-state index contributed by atoms with van der Waals surface area (Å²) >= 11 is 6.07. The summed E-state index contributed by atoms with van der Waals surface area (Å²) in [6.45, 7) is 0.136. The Kier molecular flexibility index (Phi) is 5.52. The minimum absolute atomic E-state index is 0.124. The molecule has 1 aliphatic heterocycles. The van der Waals surface area contributed by atoms with Crippen molar-refractivity contribution < 1.29 is 24.7 Å². The molecule has 0 spiro atoms. The molecule has 1 aromatic carbocycles. The van der Waals surface area contributed by atoms with Crippen LogP contribution in [0.25, 0.3) is 6.08 Å². The number of phenols is 1.